The van der Waals surface area contributed by atoms with Crippen LogP contribution in [0.4, 0.5) is 18.3 Å². The molecule has 1 aromatic carbocycles. The number of halogens is 3. The van der Waals surface area contributed by atoms with Crippen LogP contribution in [-0.4, -0.2) is 24.2 Å². The molecule has 1 atom stereocenters. The Balaban J connectivity index is 1.87. The van der Waals surface area contributed by atoms with Crippen LogP contribution in [0.3, 0.4) is 0 Å². The summed E-state index contributed by atoms with van der Waals surface area (Å²) in [6.45, 7) is 1.32. The second-order valence-corrected chi connectivity index (χ2v) is 5.43. The van der Waals surface area contributed by atoms with E-state index in [1.54, 1.807) is 0 Å². The van der Waals surface area contributed by atoms with E-state index in [9.17, 15) is 13.2 Å². The van der Waals surface area contributed by atoms with Crippen molar-refractivity contribution >= 4 is 26.7 Å². The van der Waals surface area contributed by atoms with Gasteiger partial charge in [-0.3, -0.25) is 0 Å². The van der Waals surface area contributed by atoms with Gasteiger partial charge in [0, 0.05) is 6.61 Å². The molecule has 3 rings (SSSR count). The van der Waals surface area contributed by atoms with Crippen LogP contribution < -0.4 is 5.32 Å². The Hall–Kier alpha value is -1.34. The molecule has 1 N–H and O–H groups in total. The lowest BCUT2D eigenvalue weighted by Gasteiger charge is -2.07. The molecule has 0 radical (unpaired) electrons. The lowest BCUT2D eigenvalue weighted by atomic mass is 10.2. The van der Waals surface area contributed by atoms with Crippen molar-refractivity contribution in [2.24, 2.45) is 0 Å². The zero-order chi connectivity index (χ0) is 13.5. The number of nitrogens with one attached hydrogen (secondary N) is 1. The maximum Gasteiger partial charge on any atom is 0.416 e. The molecule has 7 heteroatoms. The molecule has 2 aromatic rings. The van der Waals surface area contributed by atoms with Gasteiger partial charge in [-0.1, -0.05) is 11.3 Å². The number of hydrogen-bond acceptors (Lipinski definition) is 4. The number of aromatic nitrogens is 1. The molecule has 19 heavy (non-hydrogen) atoms. The number of nitrogens with zero attached hydrogens (tertiary/aromatic N) is 1. The lowest BCUT2D eigenvalue weighted by Crippen LogP contribution is -2.18. The Morgan fingerprint density at radius 1 is 1.37 bits per heavy atom. The number of thiazole rings is 1. The summed E-state index contributed by atoms with van der Waals surface area (Å²) in [5.74, 6) is 0. The van der Waals surface area contributed by atoms with Crippen molar-refractivity contribution in [2.45, 2.75) is 18.6 Å². The van der Waals surface area contributed by atoms with Gasteiger partial charge < -0.3 is 10.1 Å². The van der Waals surface area contributed by atoms with Crippen molar-refractivity contribution in [3.05, 3.63) is 23.8 Å². The van der Waals surface area contributed by atoms with Gasteiger partial charge in [-0.25, -0.2) is 4.98 Å². The van der Waals surface area contributed by atoms with E-state index in [4.69, 9.17) is 4.74 Å². The quantitative estimate of drug-likeness (QED) is 0.918. The zero-order valence-electron chi connectivity index (χ0n) is 9.83. The highest BCUT2D eigenvalue weighted by atomic mass is 32.1. The summed E-state index contributed by atoms with van der Waals surface area (Å²) >= 11 is 1.36. The highest BCUT2D eigenvalue weighted by molar-refractivity contribution is 7.22. The Labute approximate surface area is 111 Å². The van der Waals surface area contributed by atoms with Crippen LogP contribution in [0.25, 0.3) is 10.2 Å². The van der Waals surface area contributed by atoms with Crippen LogP contribution in [0.1, 0.15) is 12.0 Å². The predicted octanol–water partition coefficient (Wildman–Crippen LogP) is 3.52. The minimum atomic E-state index is -4.33. The normalized spacial score (nSPS) is 20.1. The van der Waals surface area contributed by atoms with Gasteiger partial charge in [-0.2, -0.15) is 13.2 Å². The standard InChI is InChI=1S/C12H11F3N2OS/c13-12(14,15)7-1-2-10-9(5-7)17-11(19-10)16-8-3-4-18-6-8/h1-2,5,8H,3-4,6H2,(H,16,17). The van der Waals surface area contributed by atoms with Crippen molar-refractivity contribution in [1.82, 2.24) is 4.98 Å². The number of hydrogen-bond donors (Lipinski definition) is 1. The first-order chi connectivity index (χ1) is 9.02. The minimum Gasteiger partial charge on any atom is -0.379 e. The van der Waals surface area contributed by atoms with Crippen LogP contribution in [0.5, 0.6) is 0 Å². The summed E-state index contributed by atoms with van der Waals surface area (Å²) in [4.78, 5) is 4.20. The summed E-state index contributed by atoms with van der Waals surface area (Å²) in [7, 11) is 0. The van der Waals surface area contributed by atoms with Gasteiger partial charge in [-0.05, 0) is 24.6 Å². The van der Waals surface area contributed by atoms with Gasteiger partial charge in [0.1, 0.15) is 0 Å². The molecular formula is C12H11F3N2OS. The van der Waals surface area contributed by atoms with Gasteiger partial charge in [-0.15, -0.1) is 0 Å². The largest absolute Gasteiger partial charge is 0.416 e. The average Bonchev–Trinajstić information content (AvgIpc) is 2.95. The second-order valence-electron chi connectivity index (χ2n) is 4.40. The molecule has 0 saturated carbocycles. The molecule has 1 saturated heterocycles. The summed E-state index contributed by atoms with van der Waals surface area (Å²) < 4.78 is 43.8. The lowest BCUT2D eigenvalue weighted by molar-refractivity contribution is -0.137. The summed E-state index contributed by atoms with van der Waals surface area (Å²) in [6.07, 6.45) is -3.44. The van der Waals surface area contributed by atoms with E-state index >= 15 is 0 Å². The number of fused-ring (bicyclic) bond motifs is 1. The molecule has 1 aromatic heterocycles. The van der Waals surface area contributed by atoms with E-state index < -0.39 is 11.7 Å². The van der Waals surface area contributed by atoms with Crippen LogP contribution in [0.2, 0.25) is 0 Å². The fourth-order valence-electron chi connectivity index (χ4n) is 1.99. The van der Waals surface area contributed by atoms with Crippen LogP contribution in [0.15, 0.2) is 18.2 Å². The van der Waals surface area contributed by atoms with Gasteiger partial charge in [0.2, 0.25) is 0 Å². The first kappa shape index (κ1) is 12.7. The Morgan fingerprint density at radius 3 is 2.89 bits per heavy atom. The van der Waals surface area contributed by atoms with Gasteiger partial charge >= 0.3 is 6.18 Å². The van der Waals surface area contributed by atoms with Crippen molar-refractivity contribution < 1.29 is 17.9 Å². The van der Waals surface area contributed by atoms with E-state index in [1.165, 1.54) is 17.4 Å². The number of anilines is 1. The van der Waals surface area contributed by atoms with E-state index in [0.717, 1.165) is 23.3 Å². The number of rotatable bonds is 2. The van der Waals surface area contributed by atoms with Gasteiger partial charge in [0.15, 0.2) is 5.13 Å². The topological polar surface area (TPSA) is 34.1 Å². The van der Waals surface area contributed by atoms with E-state index in [0.29, 0.717) is 23.9 Å². The Kier molecular flexibility index (Phi) is 3.10. The van der Waals surface area contributed by atoms with E-state index in [-0.39, 0.29) is 6.04 Å². The first-order valence-corrected chi connectivity index (χ1v) is 6.66. The van der Waals surface area contributed by atoms with Gasteiger partial charge in [0.05, 0.1) is 28.4 Å². The van der Waals surface area contributed by atoms with Crippen molar-refractivity contribution in [3.8, 4) is 0 Å². The predicted molar refractivity (Wildman–Crippen MR) is 67.5 cm³/mol. The monoisotopic (exact) mass is 288 g/mol. The maximum absolute atomic E-state index is 12.6. The number of benzene rings is 1. The maximum atomic E-state index is 12.6. The third kappa shape index (κ3) is 2.66. The summed E-state index contributed by atoms with van der Waals surface area (Å²) in [5, 5.41) is 3.83. The molecule has 0 amide bonds. The molecule has 0 aliphatic carbocycles. The average molecular weight is 288 g/mol. The molecule has 1 fully saturated rings. The Bertz CT molecular complexity index is 590. The number of ether oxygens (including phenoxy) is 1. The van der Waals surface area contributed by atoms with Crippen molar-refractivity contribution in [3.63, 3.8) is 0 Å². The van der Waals surface area contributed by atoms with Crippen molar-refractivity contribution in [2.75, 3.05) is 18.5 Å². The highest BCUT2D eigenvalue weighted by Gasteiger charge is 2.30. The second kappa shape index (κ2) is 4.64. The first-order valence-electron chi connectivity index (χ1n) is 5.84. The minimum absolute atomic E-state index is 0.197. The smallest absolute Gasteiger partial charge is 0.379 e. The molecular weight excluding hydrogens is 277 g/mol. The molecule has 0 bridgehead atoms. The fourth-order valence-corrected chi connectivity index (χ4v) is 2.91. The molecule has 0 spiro atoms. The molecule has 1 unspecified atom stereocenters. The van der Waals surface area contributed by atoms with E-state index in [2.05, 4.69) is 10.3 Å². The fraction of sp³-hybridized carbons (Fsp3) is 0.417. The summed E-state index contributed by atoms with van der Waals surface area (Å²) in [6, 6.07) is 3.83. The molecule has 3 nitrogen and oxygen atoms in total. The summed E-state index contributed by atoms with van der Waals surface area (Å²) in [5.41, 5.74) is -0.290. The molecule has 2 heterocycles. The van der Waals surface area contributed by atoms with Crippen LogP contribution in [-0.2, 0) is 10.9 Å². The molecule has 102 valence electrons. The number of alkyl halides is 3. The Morgan fingerprint density at radius 2 is 2.21 bits per heavy atom. The highest BCUT2D eigenvalue weighted by Crippen LogP contribution is 2.34. The third-order valence-corrected chi connectivity index (χ3v) is 3.94. The molecule has 1 aliphatic heterocycles. The SMILES string of the molecule is FC(F)(F)c1ccc2sc(NC3CCOC3)nc2c1. The third-order valence-electron chi connectivity index (χ3n) is 2.97. The van der Waals surface area contributed by atoms with Crippen LogP contribution in [0, 0.1) is 0 Å². The molecule has 1 aliphatic rings. The van der Waals surface area contributed by atoms with Gasteiger partial charge in [0.25, 0.3) is 0 Å². The zero-order valence-corrected chi connectivity index (χ0v) is 10.6. The van der Waals surface area contributed by atoms with Crippen LogP contribution >= 0.6 is 11.3 Å². The van der Waals surface area contributed by atoms with E-state index in [1.807, 2.05) is 0 Å². The van der Waals surface area contributed by atoms with Crippen molar-refractivity contribution in [1.29, 1.82) is 0 Å².